The molecule has 0 saturated carbocycles. The molecule has 1 fully saturated rings. The average Bonchev–Trinajstić information content (AvgIpc) is 3.75. The molecule has 3 aromatic heterocycles. The molecular formula is C32H29ClF3N7S2. The number of nitriles is 1. The number of nitrogens with zero attached hydrogens (tertiary/aromatic N) is 6. The number of rotatable bonds is 8. The van der Waals surface area contributed by atoms with Crippen molar-refractivity contribution in [2.24, 2.45) is 11.0 Å². The zero-order valence-electron chi connectivity index (χ0n) is 24.5. The summed E-state index contributed by atoms with van der Waals surface area (Å²) >= 11 is 8.40. The number of likely N-dealkylation sites (tertiary alicyclic amines) is 1. The van der Waals surface area contributed by atoms with E-state index < -0.39 is 11.9 Å². The molecule has 45 heavy (non-hydrogen) atoms. The number of halogens is 4. The summed E-state index contributed by atoms with van der Waals surface area (Å²) in [5, 5.41) is 17.3. The number of aryl methyl sites for hydroxylation is 1. The standard InChI is InChI=1S/C32H29ClF3N7S2/c1-3-43-17-25(24-14-21(6-9-26(24)43)30-38-23(18-44-30)16-42-12-10-19(2)11-13-42)29(32(34,35)36)40-41-31-39-28(27(15-37)45-31)20-4-7-22(33)8-5-20/h4-9,14,17-19H,3,10-13,16H2,1-2H3,(H,39,41)/b40-29-. The maximum absolute atomic E-state index is 14.6. The summed E-state index contributed by atoms with van der Waals surface area (Å²) in [5.41, 5.74) is 4.69. The summed E-state index contributed by atoms with van der Waals surface area (Å²) in [4.78, 5) is 11.9. The van der Waals surface area contributed by atoms with Crippen molar-refractivity contribution in [1.29, 1.82) is 5.26 Å². The Hall–Kier alpha value is -3.76. The Bertz CT molecular complexity index is 1890. The van der Waals surface area contributed by atoms with Crippen LogP contribution in [0.2, 0.25) is 5.02 Å². The Morgan fingerprint density at radius 2 is 1.87 bits per heavy atom. The number of anilines is 1. The molecule has 1 saturated heterocycles. The SMILES string of the molecule is CCn1cc(/C(=N/Nc2nc(-c3ccc(Cl)cc3)c(C#N)s2)C(F)(F)F)c2cc(-c3nc(CN4CCC(C)CC4)cs3)ccc21. The van der Waals surface area contributed by atoms with Crippen LogP contribution in [0.5, 0.6) is 0 Å². The van der Waals surface area contributed by atoms with Crippen molar-refractivity contribution in [2.75, 3.05) is 18.5 Å². The van der Waals surface area contributed by atoms with Gasteiger partial charge in [0.05, 0.1) is 5.69 Å². The number of hydrazone groups is 1. The van der Waals surface area contributed by atoms with Crippen LogP contribution in [0.3, 0.4) is 0 Å². The van der Waals surface area contributed by atoms with Crippen molar-refractivity contribution in [3.05, 3.63) is 75.2 Å². The molecule has 0 aliphatic carbocycles. The molecule has 13 heteroatoms. The molecule has 6 rings (SSSR count). The van der Waals surface area contributed by atoms with Crippen LogP contribution >= 0.6 is 34.3 Å². The van der Waals surface area contributed by atoms with Gasteiger partial charge >= 0.3 is 6.18 Å². The van der Waals surface area contributed by atoms with Gasteiger partial charge in [0.2, 0.25) is 5.13 Å². The monoisotopic (exact) mass is 667 g/mol. The lowest BCUT2D eigenvalue weighted by molar-refractivity contribution is -0.0580. The predicted molar refractivity (Wildman–Crippen MR) is 176 cm³/mol. The Morgan fingerprint density at radius 3 is 2.56 bits per heavy atom. The second kappa shape index (κ2) is 12.9. The largest absolute Gasteiger partial charge is 0.435 e. The molecule has 0 spiro atoms. The van der Waals surface area contributed by atoms with Gasteiger partial charge in [-0.15, -0.1) is 11.3 Å². The highest BCUT2D eigenvalue weighted by Crippen LogP contribution is 2.35. The summed E-state index contributed by atoms with van der Waals surface area (Å²) in [5.74, 6) is 0.743. The third-order valence-electron chi connectivity index (χ3n) is 7.92. The number of hydrogen-bond acceptors (Lipinski definition) is 8. The average molecular weight is 668 g/mol. The van der Waals surface area contributed by atoms with Gasteiger partial charge in [0.1, 0.15) is 21.6 Å². The van der Waals surface area contributed by atoms with E-state index in [-0.39, 0.29) is 15.6 Å². The number of benzene rings is 2. The summed E-state index contributed by atoms with van der Waals surface area (Å²) in [7, 11) is 0. The summed E-state index contributed by atoms with van der Waals surface area (Å²) in [6.45, 7) is 7.50. The Morgan fingerprint density at radius 1 is 1.13 bits per heavy atom. The fourth-order valence-electron chi connectivity index (χ4n) is 5.47. The maximum atomic E-state index is 14.6. The summed E-state index contributed by atoms with van der Waals surface area (Å²) in [6.07, 6.45) is -0.943. The minimum Gasteiger partial charge on any atom is -0.347 e. The van der Waals surface area contributed by atoms with E-state index >= 15 is 0 Å². The van der Waals surface area contributed by atoms with Crippen molar-refractivity contribution in [1.82, 2.24) is 19.4 Å². The van der Waals surface area contributed by atoms with Gasteiger partial charge in [-0.1, -0.05) is 42.0 Å². The van der Waals surface area contributed by atoms with Gasteiger partial charge in [-0.2, -0.15) is 23.5 Å². The molecule has 0 atom stereocenters. The second-order valence-electron chi connectivity index (χ2n) is 11.0. The quantitative estimate of drug-likeness (QED) is 0.132. The third-order valence-corrected chi connectivity index (χ3v) is 9.97. The Kier molecular flexibility index (Phi) is 8.97. The van der Waals surface area contributed by atoms with Gasteiger partial charge in [0, 0.05) is 57.3 Å². The van der Waals surface area contributed by atoms with Gasteiger partial charge in [-0.05, 0) is 69.1 Å². The van der Waals surface area contributed by atoms with E-state index in [2.05, 4.69) is 33.4 Å². The number of thiazole rings is 2. The van der Waals surface area contributed by atoms with Crippen LogP contribution < -0.4 is 5.43 Å². The molecule has 0 unspecified atom stereocenters. The number of fused-ring (bicyclic) bond motifs is 1. The smallest absolute Gasteiger partial charge is 0.347 e. The number of piperidine rings is 1. The fraction of sp³-hybridized carbons (Fsp3) is 0.312. The highest BCUT2D eigenvalue weighted by molar-refractivity contribution is 7.16. The zero-order valence-corrected chi connectivity index (χ0v) is 26.9. The minimum atomic E-state index is -4.77. The molecule has 5 aromatic rings. The van der Waals surface area contributed by atoms with E-state index in [4.69, 9.17) is 16.6 Å². The van der Waals surface area contributed by atoms with Gasteiger partial charge in [0.15, 0.2) is 5.71 Å². The van der Waals surface area contributed by atoms with E-state index in [9.17, 15) is 18.4 Å². The van der Waals surface area contributed by atoms with Crippen LogP contribution in [0.25, 0.3) is 32.7 Å². The summed E-state index contributed by atoms with van der Waals surface area (Å²) < 4.78 is 45.6. The lowest BCUT2D eigenvalue weighted by Crippen LogP contribution is -2.32. The molecule has 232 valence electrons. The van der Waals surface area contributed by atoms with Crippen molar-refractivity contribution in [2.45, 2.75) is 46.0 Å². The molecule has 7 nitrogen and oxygen atoms in total. The predicted octanol–water partition coefficient (Wildman–Crippen LogP) is 9.04. The van der Waals surface area contributed by atoms with Crippen molar-refractivity contribution >= 4 is 56.0 Å². The molecule has 1 aliphatic rings. The van der Waals surface area contributed by atoms with E-state index in [0.717, 1.165) is 53.2 Å². The molecular weight excluding hydrogens is 639 g/mol. The highest BCUT2D eigenvalue weighted by Gasteiger charge is 2.39. The lowest BCUT2D eigenvalue weighted by atomic mass is 9.99. The normalized spacial score (nSPS) is 15.1. The third kappa shape index (κ3) is 6.77. The number of alkyl halides is 3. The van der Waals surface area contributed by atoms with E-state index in [1.54, 1.807) is 34.9 Å². The van der Waals surface area contributed by atoms with Gasteiger partial charge in [-0.3, -0.25) is 10.3 Å². The van der Waals surface area contributed by atoms with E-state index in [1.165, 1.54) is 30.4 Å². The fourth-order valence-corrected chi connectivity index (χ4v) is 7.13. The minimum absolute atomic E-state index is 0.0529. The Labute approximate surface area is 271 Å². The number of nitrogens with one attached hydrogen (secondary N) is 1. The van der Waals surface area contributed by atoms with Crippen molar-refractivity contribution < 1.29 is 13.2 Å². The lowest BCUT2D eigenvalue weighted by Gasteiger charge is -2.29. The topological polar surface area (TPSA) is 82.1 Å². The van der Waals surface area contributed by atoms with Crippen LogP contribution in [0.15, 0.2) is 59.1 Å². The number of aromatic nitrogens is 3. The van der Waals surface area contributed by atoms with Gasteiger partial charge < -0.3 is 4.57 Å². The first kappa shape index (κ1) is 31.2. The molecule has 1 aliphatic heterocycles. The summed E-state index contributed by atoms with van der Waals surface area (Å²) in [6, 6.07) is 14.3. The molecule has 4 heterocycles. The van der Waals surface area contributed by atoms with Crippen LogP contribution in [0, 0.1) is 17.2 Å². The van der Waals surface area contributed by atoms with Crippen LogP contribution in [-0.4, -0.2) is 44.4 Å². The van der Waals surface area contributed by atoms with Gasteiger partial charge in [-0.25, -0.2) is 9.97 Å². The van der Waals surface area contributed by atoms with Crippen molar-refractivity contribution in [3.63, 3.8) is 0 Å². The first-order chi connectivity index (χ1) is 21.6. The molecule has 0 bridgehead atoms. The first-order valence-electron chi connectivity index (χ1n) is 14.5. The number of hydrogen-bond donors (Lipinski definition) is 1. The molecule has 1 N–H and O–H groups in total. The van der Waals surface area contributed by atoms with Crippen molar-refractivity contribution in [3.8, 4) is 27.9 Å². The van der Waals surface area contributed by atoms with E-state index in [1.807, 2.05) is 24.4 Å². The van der Waals surface area contributed by atoms with Crippen LogP contribution in [0.1, 0.15) is 42.8 Å². The van der Waals surface area contributed by atoms with Crippen LogP contribution in [0.4, 0.5) is 18.3 Å². The first-order valence-corrected chi connectivity index (χ1v) is 16.6. The second-order valence-corrected chi connectivity index (χ2v) is 13.3. The Balaban J connectivity index is 1.33. The molecule has 0 radical (unpaired) electrons. The highest BCUT2D eigenvalue weighted by atomic mass is 35.5. The maximum Gasteiger partial charge on any atom is 0.435 e. The molecule has 2 aromatic carbocycles. The molecule has 0 amide bonds. The van der Waals surface area contributed by atoms with Gasteiger partial charge in [0.25, 0.3) is 0 Å². The van der Waals surface area contributed by atoms with Crippen LogP contribution in [-0.2, 0) is 13.1 Å². The zero-order chi connectivity index (χ0) is 31.7. The van der Waals surface area contributed by atoms with E-state index in [0.29, 0.717) is 33.7 Å².